The number of carboxylic acid groups (broad SMARTS) is 1. The average molecular weight is 262 g/mol. The topological polar surface area (TPSA) is 66.6 Å². The van der Waals surface area contributed by atoms with Gasteiger partial charge in [0.25, 0.3) is 6.01 Å². The average Bonchev–Trinajstić information content (AvgIpc) is 2.82. The zero-order chi connectivity index (χ0) is 14.0. The fraction of sp³-hybridized carbons (Fsp3) is 0.429. The molecular formula is C14H18N2O3. The van der Waals surface area contributed by atoms with E-state index >= 15 is 0 Å². The van der Waals surface area contributed by atoms with Crippen LogP contribution in [0.3, 0.4) is 0 Å². The first kappa shape index (κ1) is 13.4. The van der Waals surface area contributed by atoms with Gasteiger partial charge in [-0.05, 0) is 31.0 Å². The zero-order valence-corrected chi connectivity index (χ0v) is 11.4. The van der Waals surface area contributed by atoms with Crippen molar-refractivity contribution in [1.82, 2.24) is 4.98 Å². The molecule has 0 spiro atoms. The summed E-state index contributed by atoms with van der Waals surface area (Å²) in [5.41, 5.74) is 1.39. The minimum absolute atomic E-state index is 0.209. The smallest absolute Gasteiger partial charge is 0.335 e. The molecule has 19 heavy (non-hydrogen) atoms. The minimum atomic E-state index is -0.965. The molecule has 0 amide bonds. The molecule has 0 unspecified atom stereocenters. The van der Waals surface area contributed by atoms with Crippen LogP contribution in [-0.2, 0) is 0 Å². The van der Waals surface area contributed by atoms with Crippen LogP contribution in [0.5, 0.6) is 0 Å². The van der Waals surface area contributed by atoms with Gasteiger partial charge in [-0.1, -0.05) is 13.8 Å². The normalized spacial score (nSPS) is 11.2. The molecule has 1 N–H and O–H groups in total. The number of rotatable bonds is 5. The third-order valence-electron chi connectivity index (χ3n) is 3.42. The first-order valence-corrected chi connectivity index (χ1v) is 6.43. The number of aromatic nitrogens is 1. The second kappa shape index (κ2) is 5.30. The van der Waals surface area contributed by atoms with Gasteiger partial charge in [0.1, 0.15) is 5.52 Å². The number of benzene rings is 1. The quantitative estimate of drug-likeness (QED) is 0.896. The highest BCUT2D eigenvalue weighted by atomic mass is 16.4. The zero-order valence-electron chi connectivity index (χ0n) is 11.4. The van der Waals surface area contributed by atoms with E-state index in [1.54, 1.807) is 6.07 Å². The summed E-state index contributed by atoms with van der Waals surface area (Å²) >= 11 is 0. The molecule has 5 nitrogen and oxygen atoms in total. The van der Waals surface area contributed by atoms with E-state index in [1.165, 1.54) is 12.1 Å². The Balaban J connectivity index is 2.38. The van der Waals surface area contributed by atoms with Crippen molar-refractivity contribution in [3.8, 4) is 0 Å². The van der Waals surface area contributed by atoms with Crippen LogP contribution in [0.4, 0.5) is 6.01 Å². The summed E-state index contributed by atoms with van der Waals surface area (Å²) < 4.78 is 5.66. The number of fused-ring (bicyclic) bond motifs is 1. The number of carboxylic acids is 1. The summed E-state index contributed by atoms with van der Waals surface area (Å²) in [5.74, 6) is -0.965. The minimum Gasteiger partial charge on any atom is -0.478 e. The summed E-state index contributed by atoms with van der Waals surface area (Å²) in [6, 6.07) is 5.62. The van der Waals surface area contributed by atoms with Gasteiger partial charge in [0.2, 0.25) is 0 Å². The van der Waals surface area contributed by atoms with Gasteiger partial charge < -0.3 is 14.4 Å². The van der Waals surface area contributed by atoms with Crippen LogP contribution in [0, 0.1) is 0 Å². The van der Waals surface area contributed by atoms with Crippen molar-refractivity contribution in [2.75, 3.05) is 11.9 Å². The Morgan fingerprint density at radius 3 is 2.68 bits per heavy atom. The first-order valence-electron chi connectivity index (χ1n) is 6.43. The summed E-state index contributed by atoms with van der Waals surface area (Å²) in [7, 11) is 1.94. The van der Waals surface area contributed by atoms with Crippen LogP contribution < -0.4 is 4.90 Å². The standard InChI is InChI=1S/C14H18N2O3/c1-4-10(5-2)16(3)14-15-11-7-6-9(13(17)18)8-12(11)19-14/h6-8,10H,4-5H2,1-3H3,(H,17,18). The molecule has 1 heterocycles. The number of hydrogen-bond acceptors (Lipinski definition) is 4. The first-order chi connectivity index (χ1) is 9.06. The number of carbonyl (C=O) groups is 1. The molecule has 0 aliphatic carbocycles. The van der Waals surface area contributed by atoms with Gasteiger partial charge in [-0.2, -0.15) is 4.98 Å². The van der Waals surface area contributed by atoms with E-state index in [9.17, 15) is 4.79 Å². The molecule has 5 heteroatoms. The number of hydrogen-bond donors (Lipinski definition) is 1. The van der Waals surface area contributed by atoms with Gasteiger partial charge in [-0.25, -0.2) is 4.79 Å². The highest BCUT2D eigenvalue weighted by Crippen LogP contribution is 2.24. The Hall–Kier alpha value is -2.04. The molecule has 0 saturated heterocycles. The fourth-order valence-corrected chi connectivity index (χ4v) is 2.19. The van der Waals surface area contributed by atoms with Crippen molar-refractivity contribution in [3.63, 3.8) is 0 Å². The van der Waals surface area contributed by atoms with Crippen LogP contribution in [0.25, 0.3) is 11.1 Å². The second-order valence-electron chi connectivity index (χ2n) is 4.57. The fourth-order valence-electron chi connectivity index (χ4n) is 2.19. The summed E-state index contributed by atoms with van der Waals surface area (Å²) in [5, 5.41) is 8.95. The Morgan fingerprint density at radius 2 is 2.11 bits per heavy atom. The van der Waals surface area contributed by atoms with Crippen molar-refractivity contribution in [2.24, 2.45) is 0 Å². The maximum Gasteiger partial charge on any atom is 0.335 e. The largest absolute Gasteiger partial charge is 0.478 e. The van der Waals surface area contributed by atoms with Crippen molar-refractivity contribution >= 4 is 23.1 Å². The van der Waals surface area contributed by atoms with Gasteiger partial charge in [0.15, 0.2) is 5.58 Å². The predicted octanol–water partition coefficient (Wildman–Crippen LogP) is 3.15. The van der Waals surface area contributed by atoms with Crippen molar-refractivity contribution in [2.45, 2.75) is 32.7 Å². The molecule has 0 saturated carbocycles. The predicted molar refractivity (Wildman–Crippen MR) is 73.7 cm³/mol. The Morgan fingerprint density at radius 1 is 1.42 bits per heavy atom. The molecule has 0 fully saturated rings. The Kier molecular flexibility index (Phi) is 3.74. The summed E-state index contributed by atoms with van der Waals surface area (Å²) in [6.07, 6.45) is 2.01. The molecule has 102 valence electrons. The lowest BCUT2D eigenvalue weighted by molar-refractivity contribution is 0.0697. The summed E-state index contributed by atoms with van der Waals surface area (Å²) in [6.45, 7) is 4.24. The van der Waals surface area contributed by atoms with E-state index in [4.69, 9.17) is 9.52 Å². The molecule has 0 aliphatic heterocycles. The van der Waals surface area contributed by atoms with E-state index in [2.05, 4.69) is 18.8 Å². The molecule has 0 bridgehead atoms. The molecule has 0 radical (unpaired) electrons. The van der Waals surface area contributed by atoms with E-state index in [1.807, 2.05) is 11.9 Å². The van der Waals surface area contributed by atoms with Crippen molar-refractivity contribution in [3.05, 3.63) is 23.8 Å². The van der Waals surface area contributed by atoms with E-state index in [0.717, 1.165) is 12.8 Å². The third kappa shape index (κ3) is 2.54. The van der Waals surface area contributed by atoms with E-state index in [-0.39, 0.29) is 5.56 Å². The SMILES string of the molecule is CCC(CC)N(C)c1nc2ccc(C(=O)O)cc2o1. The van der Waals surface area contributed by atoms with Gasteiger partial charge in [0.05, 0.1) is 5.56 Å². The number of nitrogens with zero attached hydrogens (tertiary/aromatic N) is 2. The number of anilines is 1. The second-order valence-corrected chi connectivity index (χ2v) is 4.57. The number of oxazole rings is 1. The highest BCUT2D eigenvalue weighted by Gasteiger charge is 2.17. The maximum atomic E-state index is 10.9. The highest BCUT2D eigenvalue weighted by molar-refractivity contribution is 5.92. The van der Waals surface area contributed by atoms with Gasteiger partial charge in [-0.15, -0.1) is 0 Å². The molecule has 1 aromatic carbocycles. The lowest BCUT2D eigenvalue weighted by Crippen LogP contribution is -2.30. The van der Waals surface area contributed by atoms with Gasteiger partial charge in [-0.3, -0.25) is 0 Å². The van der Waals surface area contributed by atoms with Crippen molar-refractivity contribution < 1.29 is 14.3 Å². The van der Waals surface area contributed by atoms with Crippen molar-refractivity contribution in [1.29, 1.82) is 0 Å². The molecule has 2 aromatic rings. The molecular weight excluding hydrogens is 244 g/mol. The molecule has 2 rings (SSSR count). The van der Waals surface area contributed by atoms with Gasteiger partial charge in [0, 0.05) is 13.1 Å². The lowest BCUT2D eigenvalue weighted by Gasteiger charge is -2.24. The Bertz CT molecular complexity index is 587. The molecule has 0 atom stereocenters. The maximum absolute atomic E-state index is 10.9. The number of aromatic carboxylic acids is 1. The monoisotopic (exact) mass is 262 g/mol. The molecule has 1 aromatic heterocycles. The molecule has 0 aliphatic rings. The summed E-state index contributed by atoms with van der Waals surface area (Å²) in [4.78, 5) is 17.3. The van der Waals surface area contributed by atoms with E-state index < -0.39 is 5.97 Å². The van der Waals surface area contributed by atoms with Crippen LogP contribution in [0.15, 0.2) is 22.6 Å². The third-order valence-corrected chi connectivity index (χ3v) is 3.42. The van der Waals surface area contributed by atoms with Crippen LogP contribution >= 0.6 is 0 Å². The Labute approximate surface area is 111 Å². The van der Waals surface area contributed by atoms with Crippen LogP contribution in [-0.4, -0.2) is 29.1 Å². The van der Waals surface area contributed by atoms with Crippen LogP contribution in [0.2, 0.25) is 0 Å². The van der Waals surface area contributed by atoms with Crippen LogP contribution in [0.1, 0.15) is 37.0 Å². The lowest BCUT2D eigenvalue weighted by atomic mass is 10.1. The van der Waals surface area contributed by atoms with E-state index in [0.29, 0.717) is 23.2 Å². The van der Waals surface area contributed by atoms with Gasteiger partial charge >= 0.3 is 5.97 Å².